The van der Waals surface area contributed by atoms with Crippen LogP contribution in [0.2, 0.25) is 5.02 Å². The molecule has 1 aliphatic heterocycles. The van der Waals surface area contributed by atoms with Crippen LogP contribution in [-0.4, -0.2) is 45.0 Å². The molecule has 0 spiro atoms. The maximum absolute atomic E-state index is 12.9. The van der Waals surface area contributed by atoms with E-state index >= 15 is 0 Å². The number of anilines is 2. The molecule has 4 rings (SSSR count). The number of halogens is 3. The second-order valence-corrected chi connectivity index (χ2v) is 7.33. The van der Waals surface area contributed by atoms with Crippen molar-refractivity contribution in [3.8, 4) is 5.88 Å². The third-order valence-electron chi connectivity index (χ3n) is 4.87. The van der Waals surface area contributed by atoms with Gasteiger partial charge < -0.3 is 15.0 Å². The molecule has 2 aromatic heterocycles. The van der Waals surface area contributed by atoms with Gasteiger partial charge in [0.05, 0.1) is 17.1 Å². The number of nitrogens with one attached hydrogen (secondary N) is 1. The lowest BCUT2D eigenvalue weighted by molar-refractivity contribution is -0.125. The molecule has 3 aromatic rings. The number of likely N-dealkylation sites (tertiary alicyclic amines) is 1. The quantitative estimate of drug-likeness (QED) is 0.562. The number of hydrogen-bond donors (Lipinski definition) is 1. The lowest BCUT2D eigenvalue weighted by Gasteiger charge is -2.15. The van der Waals surface area contributed by atoms with Crippen molar-refractivity contribution in [1.29, 1.82) is 0 Å². The summed E-state index contributed by atoms with van der Waals surface area (Å²) in [6.45, 7) is 4.55. The predicted octanol–water partition coefficient (Wildman–Crippen LogP) is 4.53. The summed E-state index contributed by atoms with van der Waals surface area (Å²) < 4.78 is 31.8. The summed E-state index contributed by atoms with van der Waals surface area (Å²) in [6.07, 6.45) is 0.501. The van der Waals surface area contributed by atoms with E-state index in [0.717, 1.165) is 0 Å². The highest BCUT2D eigenvalue weighted by Crippen LogP contribution is 2.31. The number of hydrogen-bond acceptors (Lipinski definition) is 6. The zero-order valence-electron chi connectivity index (χ0n) is 16.3. The molecule has 1 amide bonds. The van der Waals surface area contributed by atoms with Gasteiger partial charge in [-0.15, -0.1) is 0 Å². The Kier molecular flexibility index (Phi) is 5.94. The van der Waals surface area contributed by atoms with Gasteiger partial charge in [0, 0.05) is 30.3 Å². The van der Waals surface area contributed by atoms with Crippen molar-refractivity contribution in [2.24, 2.45) is 0 Å². The van der Waals surface area contributed by atoms with E-state index in [2.05, 4.69) is 26.8 Å². The van der Waals surface area contributed by atoms with E-state index in [4.69, 9.17) is 16.3 Å². The number of nitrogens with zero attached hydrogens (tertiary/aromatic N) is 4. The van der Waals surface area contributed by atoms with Crippen LogP contribution in [0.4, 0.5) is 20.3 Å². The maximum atomic E-state index is 12.9. The van der Waals surface area contributed by atoms with Gasteiger partial charge in [0.15, 0.2) is 5.82 Å². The molecule has 0 aliphatic carbocycles. The normalized spacial score (nSPS) is 16.0. The van der Waals surface area contributed by atoms with Gasteiger partial charge in [-0.2, -0.15) is 0 Å². The molecule has 7 nitrogen and oxygen atoms in total. The van der Waals surface area contributed by atoms with Crippen molar-refractivity contribution in [2.75, 3.05) is 18.4 Å². The lowest BCUT2D eigenvalue weighted by atomic mass is 10.2. The molecule has 1 aromatic carbocycles. The van der Waals surface area contributed by atoms with E-state index in [1.54, 1.807) is 17.0 Å². The summed E-state index contributed by atoms with van der Waals surface area (Å²) in [5.41, 5.74) is 1.27. The lowest BCUT2D eigenvalue weighted by Crippen LogP contribution is -2.29. The number of carbonyl (C=O) groups is 1. The van der Waals surface area contributed by atoms with Crippen LogP contribution in [0.5, 0.6) is 5.88 Å². The summed E-state index contributed by atoms with van der Waals surface area (Å²) in [5.74, 6) is 0.620. The van der Waals surface area contributed by atoms with Crippen molar-refractivity contribution in [3.63, 3.8) is 0 Å². The third-order valence-corrected chi connectivity index (χ3v) is 5.20. The molecule has 10 heteroatoms. The number of ether oxygens (including phenoxy) is 1. The second-order valence-electron chi connectivity index (χ2n) is 6.92. The Bertz CT molecular complexity index is 1140. The van der Waals surface area contributed by atoms with E-state index < -0.39 is 6.43 Å². The van der Waals surface area contributed by atoms with Crippen LogP contribution in [0, 0.1) is 0 Å². The fourth-order valence-corrected chi connectivity index (χ4v) is 3.59. The monoisotopic (exact) mass is 445 g/mol. The minimum atomic E-state index is -2.66. The standard InChI is InChI=1S/C21H18ClF2N5O2/c1-2-18(30)29-8-7-13(10-29)31-17-6-5-16-19(28-17)21(26-11-25-16)27-12-3-4-14(20(23)24)15(22)9-12/h2-6,9,11,13,20H,1,7-8,10H2,(H,25,26,27)/t13-/m0/s1. The molecule has 1 saturated heterocycles. The van der Waals surface area contributed by atoms with Gasteiger partial charge in [-0.25, -0.2) is 23.7 Å². The minimum absolute atomic E-state index is 0.0461. The van der Waals surface area contributed by atoms with Gasteiger partial charge in [0.25, 0.3) is 6.43 Å². The van der Waals surface area contributed by atoms with E-state index in [-0.39, 0.29) is 22.6 Å². The highest BCUT2D eigenvalue weighted by molar-refractivity contribution is 6.31. The van der Waals surface area contributed by atoms with E-state index in [9.17, 15) is 13.6 Å². The number of rotatable bonds is 6. The molecule has 0 saturated carbocycles. The van der Waals surface area contributed by atoms with Gasteiger partial charge >= 0.3 is 0 Å². The molecule has 3 heterocycles. The van der Waals surface area contributed by atoms with Gasteiger partial charge in [0.1, 0.15) is 17.9 Å². The van der Waals surface area contributed by atoms with Crippen LogP contribution in [-0.2, 0) is 4.79 Å². The number of benzene rings is 1. The molecule has 1 fully saturated rings. The predicted molar refractivity (Wildman–Crippen MR) is 113 cm³/mol. The summed E-state index contributed by atoms with van der Waals surface area (Å²) in [5, 5.41) is 3.00. The first kappa shape index (κ1) is 20.9. The number of aromatic nitrogens is 3. The molecule has 0 bridgehead atoms. The fourth-order valence-electron chi connectivity index (χ4n) is 3.32. The summed E-state index contributed by atoms with van der Waals surface area (Å²) in [6, 6.07) is 7.61. The zero-order valence-corrected chi connectivity index (χ0v) is 17.0. The Hall–Kier alpha value is -3.33. The molecule has 1 aliphatic rings. The van der Waals surface area contributed by atoms with Crippen molar-refractivity contribution >= 4 is 40.0 Å². The average molecular weight is 446 g/mol. The molecule has 160 valence electrons. The molecule has 1 N–H and O–H groups in total. The first-order valence-corrected chi connectivity index (χ1v) is 9.87. The highest BCUT2D eigenvalue weighted by Gasteiger charge is 2.26. The van der Waals surface area contributed by atoms with Gasteiger partial charge in [-0.1, -0.05) is 18.2 Å². The Morgan fingerprint density at radius 1 is 1.32 bits per heavy atom. The largest absolute Gasteiger partial charge is 0.472 e. The Labute approximate surface area is 181 Å². The van der Waals surface area contributed by atoms with Crippen molar-refractivity contribution in [2.45, 2.75) is 19.0 Å². The van der Waals surface area contributed by atoms with E-state index in [1.807, 2.05) is 0 Å². The van der Waals surface area contributed by atoms with Crippen LogP contribution in [0.15, 0.2) is 49.3 Å². The molecular formula is C21H18ClF2N5O2. The first-order valence-electron chi connectivity index (χ1n) is 9.49. The second kappa shape index (κ2) is 8.81. The first-order chi connectivity index (χ1) is 14.9. The number of carbonyl (C=O) groups excluding carboxylic acids is 1. The van der Waals surface area contributed by atoms with Gasteiger partial charge in [0.2, 0.25) is 11.8 Å². The number of alkyl halides is 2. The SMILES string of the molecule is C=CC(=O)N1CC[C@H](Oc2ccc3ncnc(Nc4ccc(C(F)F)c(Cl)c4)c3n2)C1. The Balaban J connectivity index is 1.56. The number of fused-ring (bicyclic) bond motifs is 1. The van der Waals surface area contributed by atoms with E-state index in [0.29, 0.717) is 47.9 Å². The smallest absolute Gasteiger partial charge is 0.265 e. The zero-order chi connectivity index (χ0) is 22.0. The molecule has 31 heavy (non-hydrogen) atoms. The van der Waals surface area contributed by atoms with Crippen LogP contribution < -0.4 is 10.1 Å². The summed E-state index contributed by atoms with van der Waals surface area (Å²) >= 11 is 5.95. The highest BCUT2D eigenvalue weighted by atomic mass is 35.5. The number of pyridine rings is 1. The van der Waals surface area contributed by atoms with E-state index in [1.165, 1.54) is 30.6 Å². The van der Waals surface area contributed by atoms with Crippen LogP contribution in [0.1, 0.15) is 18.4 Å². The summed E-state index contributed by atoms with van der Waals surface area (Å²) in [7, 11) is 0. The summed E-state index contributed by atoms with van der Waals surface area (Å²) in [4.78, 5) is 26.3. The van der Waals surface area contributed by atoms with Crippen molar-refractivity contribution < 1.29 is 18.3 Å². The molecule has 1 atom stereocenters. The van der Waals surface area contributed by atoms with Crippen molar-refractivity contribution in [1.82, 2.24) is 19.9 Å². The van der Waals surface area contributed by atoms with Crippen LogP contribution >= 0.6 is 11.6 Å². The minimum Gasteiger partial charge on any atom is -0.472 e. The molecule has 0 radical (unpaired) electrons. The van der Waals surface area contributed by atoms with Crippen LogP contribution in [0.3, 0.4) is 0 Å². The average Bonchev–Trinajstić information content (AvgIpc) is 3.22. The molecule has 0 unspecified atom stereocenters. The number of amides is 1. The van der Waals surface area contributed by atoms with Crippen molar-refractivity contribution in [3.05, 3.63) is 59.9 Å². The fraction of sp³-hybridized carbons (Fsp3) is 0.238. The topological polar surface area (TPSA) is 80.2 Å². The Morgan fingerprint density at radius 3 is 2.90 bits per heavy atom. The Morgan fingerprint density at radius 2 is 2.16 bits per heavy atom. The maximum Gasteiger partial charge on any atom is 0.265 e. The molecular weight excluding hydrogens is 428 g/mol. The van der Waals surface area contributed by atoms with Gasteiger partial charge in [-0.05, 0) is 30.3 Å². The third kappa shape index (κ3) is 4.56. The van der Waals surface area contributed by atoms with Crippen LogP contribution in [0.25, 0.3) is 11.0 Å². The van der Waals surface area contributed by atoms with Gasteiger partial charge in [-0.3, -0.25) is 4.79 Å².